The van der Waals surface area contributed by atoms with E-state index in [0.29, 0.717) is 19.1 Å². The molecule has 1 aromatic heterocycles. The lowest BCUT2D eigenvalue weighted by molar-refractivity contribution is 0.172. The minimum Gasteiger partial charge on any atom is -0.486 e. The molecule has 2 aromatic rings. The van der Waals surface area contributed by atoms with Crippen molar-refractivity contribution in [3.8, 4) is 11.5 Å². The van der Waals surface area contributed by atoms with E-state index in [0.717, 1.165) is 41.3 Å². The van der Waals surface area contributed by atoms with Gasteiger partial charge in [-0.15, -0.1) is 0 Å². The smallest absolute Gasteiger partial charge is 0.163 e. The molecular formula is C16H23N3O2. The highest BCUT2D eigenvalue weighted by Gasteiger charge is 2.19. The number of rotatable bonds is 4. The van der Waals surface area contributed by atoms with Crippen LogP contribution in [0.5, 0.6) is 11.5 Å². The monoisotopic (exact) mass is 289 g/mol. The lowest BCUT2D eigenvalue weighted by Crippen LogP contribution is -2.16. The van der Waals surface area contributed by atoms with Crippen LogP contribution in [0.2, 0.25) is 0 Å². The molecule has 21 heavy (non-hydrogen) atoms. The summed E-state index contributed by atoms with van der Waals surface area (Å²) in [5.74, 6) is 3.14. The second-order valence-electron chi connectivity index (χ2n) is 6.08. The molecule has 0 fully saturated rings. The van der Waals surface area contributed by atoms with E-state index in [1.54, 1.807) is 0 Å². The minimum absolute atomic E-state index is 0.0940. The Bertz CT molecular complexity index is 646. The fraction of sp³-hybridized carbons (Fsp3) is 0.562. The van der Waals surface area contributed by atoms with Crippen molar-refractivity contribution >= 4 is 11.0 Å². The second-order valence-corrected chi connectivity index (χ2v) is 6.08. The first-order valence-corrected chi connectivity index (χ1v) is 7.61. The highest BCUT2D eigenvalue weighted by molar-refractivity contribution is 5.81. The molecule has 1 atom stereocenters. The van der Waals surface area contributed by atoms with Gasteiger partial charge in [-0.05, 0) is 19.3 Å². The van der Waals surface area contributed by atoms with E-state index >= 15 is 0 Å². The highest BCUT2D eigenvalue weighted by Crippen LogP contribution is 2.35. The molecule has 1 aliphatic heterocycles. The number of benzene rings is 1. The van der Waals surface area contributed by atoms with Gasteiger partial charge in [-0.2, -0.15) is 0 Å². The summed E-state index contributed by atoms with van der Waals surface area (Å²) in [6.07, 6.45) is 1.10. The maximum atomic E-state index is 6.09. The summed E-state index contributed by atoms with van der Waals surface area (Å²) in [6, 6.07) is 3.90. The van der Waals surface area contributed by atoms with Gasteiger partial charge in [0.2, 0.25) is 0 Å². The average Bonchev–Trinajstić information content (AvgIpc) is 2.80. The van der Waals surface area contributed by atoms with Crippen LogP contribution >= 0.6 is 0 Å². The van der Waals surface area contributed by atoms with E-state index in [4.69, 9.17) is 20.2 Å². The Morgan fingerprint density at radius 1 is 1.19 bits per heavy atom. The van der Waals surface area contributed by atoms with Crippen molar-refractivity contribution in [2.75, 3.05) is 13.2 Å². The molecule has 2 N–H and O–H groups in total. The molecule has 1 unspecified atom stereocenters. The van der Waals surface area contributed by atoms with Crippen LogP contribution in [0.25, 0.3) is 11.0 Å². The molecule has 114 valence electrons. The van der Waals surface area contributed by atoms with E-state index in [-0.39, 0.29) is 6.04 Å². The minimum atomic E-state index is -0.0940. The predicted octanol–water partition coefficient (Wildman–Crippen LogP) is 2.87. The van der Waals surface area contributed by atoms with Crippen molar-refractivity contribution in [2.24, 2.45) is 11.7 Å². The van der Waals surface area contributed by atoms with Crippen molar-refractivity contribution < 1.29 is 9.47 Å². The number of aromatic nitrogens is 2. The quantitative estimate of drug-likeness (QED) is 0.940. The van der Waals surface area contributed by atoms with Crippen molar-refractivity contribution in [3.05, 3.63) is 18.0 Å². The molecule has 3 rings (SSSR count). The van der Waals surface area contributed by atoms with E-state index in [2.05, 4.69) is 18.4 Å². The Labute approximate surface area is 125 Å². The predicted molar refractivity (Wildman–Crippen MR) is 82.8 cm³/mol. The van der Waals surface area contributed by atoms with Gasteiger partial charge in [0.15, 0.2) is 11.5 Å². The maximum absolute atomic E-state index is 6.09. The first kappa shape index (κ1) is 14.2. The maximum Gasteiger partial charge on any atom is 0.163 e. The van der Waals surface area contributed by atoms with Gasteiger partial charge in [-0.25, -0.2) is 4.98 Å². The van der Waals surface area contributed by atoms with Crippen molar-refractivity contribution in [1.29, 1.82) is 0 Å². The molecule has 5 heteroatoms. The van der Waals surface area contributed by atoms with Crippen LogP contribution < -0.4 is 15.2 Å². The van der Waals surface area contributed by atoms with Gasteiger partial charge < -0.3 is 19.8 Å². The van der Waals surface area contributed by atoms with Gasteiger partial charge in [-0.1, -0.05) is 13.8 Å². The molecule has 0 saturated carbocycles. The molecule has 0 radical (unpaired) electrons. The van der Waals surface area contributed by atoms with Crippen LogP contribution in [-0.4, -0.2) is 22.8 Å². The van der Waals surface area contributed by atoms with Crippen molar-refractivity contribution in [1.82, 2.24) is 9.55 Å². The average molecular weight is 289 g/mol. The lowest BCUT2D eigenvalue weighted by Gasteiger charge is -2.18. The van der Waals surface area contributed by atoms with Crippen LogP contribution in [0, 0.1) is 5.92 Å². The molecule has 1 aromatic carbocycles. The van der Waals surface area contributed by atoms with Gasteiger partial charge in [0.1, 0.15) is 19.0 Å². The van der Waals surface area contributed by atoms with Gasteiger partial charge in [0.25, 0.3) is 0 Å². The van der Waals surface area contributed by atoms with Crippen molar-refractivity contribution in [3.63, 3.8) is 0 Å². The molecule has 0 spiro atoms. The molecule has 0 aliphatic carbocycles. The first-order chi connectivity index (χ1) is 10.1. The van der Waals surface area contributed by atoms with Crippen molar-refractivity contribution in [2.45, 2.75) is 39.8 Å². The fourth-order valence-electron chi connectivity index (χ4n) is 2.65. The number of nitrogens with zero attached hydrogens (tertiary/aromatic N) is 2. The summed E-state index contributed by atoms with van der Waals surface area (Å²) in [4.78, 5) is 4.70. The highest BCUT2D eigenvalue weighted by atomic mass is 16.6. The molecule has 0 bridgehead atoms. The Kier molecular flexibility index (Phi) is 3.76. The van der Waals surface area contributed by atoms with Crippen LogP contribution in [0.3, 0.4) is 0 Å². The second kappa shape index (κ2) is 5.56. The van der Waals surface area contributed by atoms with Crippen LogP contribution in [0.15, 0.2) is 12.1 Å². The van der Waals surface area contributed by atoms with E-state index in [1.807, 2.05) is 19.1 Å². The standard InChI is InChI=1S/C16H23N3O2/c1-10(2)4-5-19-13-9-15-14(20-6-7-21-15)8-12(13)18-16(19)11(3)17/h8-11H,4-7,17H2,1-3H3. The Morgan fingerprint density at radius 3 is 2.48 bits per heavy atom. The summed E-state index contributed by atoms with van der Waals surface area (Å²) in [5.41, 5.74) is 8.09. The molecule has 0 amide bonds. The fourth-order valence-corrected chi connectivity index (χ4v) is 2.65. The zero-order chi connectivity index (χ0) is 15.0. The van der Waals surface area contributed by atoms with Gasteiger partial charge in [-0.3, -0.25) is 0 Å². The third-order valence-corrected chi connectivity index (χ3v) is 3.78. The van der Waals surface area contributed by atoms with E-state index in [9.17, 15) is 0 Å². The summed E-state index contributed by atoms with van der Waals surface area (Å²) in [5, 5.41) is 0. The molecule has 5 nitrogen and oxygen atoms in total. The van der Waals surface area contributed by atoms with Crippen LogP contribution in [-0.2, 0) is 6.54 Å². The summed E-state index contributed by atoms with van der Waals surface area (Å²) in [7, 11) is 0. The number of hydrogen-bond donors (Lipinski definition) is 1. The Balaban J connectivity index is 2.09. The molecule has 1 aliphatic rings. The van der Waals surface area contributed by atoms with Gasteiger partial charge in [0.05, 0.1) is 17.1 Å². The zero-order valence-electron chi connectivity index (χ0n) is 12.9. The van der Waals surface area contributed by atoms with E-state index in [1.165, 1.54) is 0 Å². The first-order valence-electron chi connectivity index (χ1n) is 7.61. The van der Waals surface area contributed by atoms with Crippen LogP contribution in [0.4, 0.5) is 0 Å². The number of ether oxygens (including phenoxy) is 2. The molecule has 0 saturated heterocycles. The summed E-state index contributed by atoms with van der Waals surface area (Å²) >= 11 is 0. The zero-order valence-corrected chi connectivity index (χ0v) is 12.9. The van der Waals surface area contributed by atoms with Gasteiger partial charge in [0, 0.05) is 18.7 Å². The van der Waals surface area contributed by atoms with E-state index < -0.39 is 0 Å². The Morgan fingerprint density at radius 2 is 1.86 bits per heavy atom. The normalized spacial score (nSPS) is 15.7. The number of imidazole rings is 1. The number of aryl methyl sites for hydroxylation is 1. The third kappa shape index (κ3) is 2.70. The molecule has 2 heterocycles. The summed E-state index contributed by atoms with van der Waals surface area (Å²) < 4.78 is 13.5. The van der Waals surface area contributed by atoms with Gasteiger partial charge >= 0.3 is 0 Å². The number of hydrogen-bond acceptors (Lipinski definition) is 4. The molecular weight excluding hydrogens is 266 g/mol. The topological polar surface area (TPSA) is 62.3 Å². The van der Waals surface area contributed by atoms with Crippen LogP contribution in [0.1, 0.15) is 39.1 Å². The number of fused-ring (bicyclic) bond motifs is 2. The lowest BCUT2D eigenvalue weighted by atomic mass is 10.1. The largest absolute Gasteiger partial charge is 0.486 e. The summed E-state index contributed by atoms with van der Waals surface area (Å²) in [6.45, 7) is 8.53. The third-order valence-electron chi connectivity index (χ3n) is 3.78. The SMILES string of the molecule is CC(C)CCn1c(C(C)N)nc2cc3c(cc21)OCCO3. The number of nitrogens with two attached hydrogens (primary N) is 1. The Hall–Kier alpha value is -1.75.